The summed E-state index contributed by atoms with van der Waals surface area (Å²) in [5, 5.41) is 13.1. The highest BCUT2D eigenvalue weighted by molar-refractivity contribution is 9.10. The molecule has 3 aromatic heterocycles. The zero-order valence-corrected chi connectivity index (χ0v) is 33.6. The standard InChI is InChI=1S/C39H48BrN10O2P/c1-47-16-18-49(19-17-47)27-12-14-50(15-13-27)35-21-36(52-3)34(20-29(35)26-22-42-48(2)24-26)45-39-41-23-30(40)38(46-39)44-33-11-10-32-28(37(33)53(4,5)51)8-9-31(43-32)25-6-7-25/h8-11,20-25,27H,6-7,12-19H2,1-5H3,(H2,41,44,45,46). The number of methoxy groups -OCH3 is 1. The number of ether oxygens (including phenoxy) is 1. The summed E-state index contributed by atoms with van der Waals surface area (Å²) in [6.07, 6.45) is 10.3. The van der Waals surface area contributed by atoms with Gasteiger partial charge in [0.05, 0.1) is 34.7 Å². The number of likely N-dealkylation sites (N-methyl/N-ethyl adjacent to an activating group) is 1. The van der Waals surface area contributed by atoms with Gasteiger partial charge in [0, 0.05) is 110 Å². The number of aryl methyl sites for hydroxylation is 1. The second-order valence-electron chi connectivity index (χ2n) is 15.1. The number of fused-ring (bicyclic) bond motifs is 1. The Morgan fingerprint density at radius 2 is 1.66 bits per heavy atom. The number of hydrogen-bond acceptors (Lipinski definition) is 11. The van der Waals surface area contributed by atoms with Crippen molar-refractivity contribution >= 4 is 68.1 Å². The Hall–Kier alpha value is -4.03. The molecule has 2 N–H and O–H groups in total. The Morgan fingerprint density at radius 3 is 2.34 bits per heavy atom. The first-order chi connectivity index (χ1) is 25.5. The van der Waals surface area contributed by atoms with Crippen LogP contribution in [0.25, 0.3) is 22.0 Å². The van der Waals surface area contributed by atoms with Gasteiger partial charge in [0.15, 0.2) is 0 Å². The summed E-state index contributed by atoms with van der Waals surface area (Å²) in [6, 6.07) is 13.0. The molecular weight excluding hydrogens is 751 g/mol. The fourth-order valence-corrected chi connectivity index (χ4v) is 9.57. The molecule has 0 amide bonds. The fourth-order valence-electron chi connectivity index (χ4n) is 7.80. The van der Waals surface area contributed by atoms with E-state index in [1.165, 1.54) is 12.8 Å². The van der Waals surface area contributed by atoms with Gasteiger partial charge in [-0.2, -0.15) is 10.1 Å². The van der Waals surface area contributed by atoms with Crippen LogP contribution in [0.5, 0.6) is 5.75 Å². The van der Waals surface area contributed by atoms with Crippen LogP contribution in [0.4, 0.5) is 28.8 Å². The van der Waals surface area contributed by atoms with E-state index < -0.39 is 7.14 Å². The predicted molar refractivity (Wildman–Crippen MR) is 219 cm³/mol. The van der Waals surface area contributed by atoms with Gasteiger partial charge in [0.2, 0.25) is 5.95 Å². The van der Waals surface area contributed by atoms with Crippen LogP contribution in [-0.2, 0) is 11.6 Å². The molecule has 1 aliphatic carbocycles. The number of aromatic nitrogens is 5. The molecule has 2 saturated heterocycles. The highest BCUT2D eigenvalue weighted by Crippen LogP contribution is 2.45. The van der Waals surface area contributed by atoms with Gasteiger partial charge >= 0.3 is 0 Å². The quantitative estimate of drug-likeness (QED) is 0.142. The average Bonchev–Trinajstić information content (AvgIpc) is 3.92. The lowest BCUT2D eigenvalue weighted by Crippen LogP contribution is -2.52. The van der Waals surface area contributed by atoms with E-state index in [9.17, 15) is 4.57 Å². The molecule has 1 saturated carbocycles. The van der Waals surface area contributed by atoms with Gasteiger partial charge in [-0.3, -0.25) is 14.6 Å². The molecule has 3 aliphatic rings. The second-order valence-corrected chi connectivity index (χ2v) is 19.1. The summed E-state index contributed by atoms with van der Waals surface area (Å²) in [7, 11) is 3.12. The van der Waals surface area contributed by atoms with E-state index in [-0.39, 0.29) is 0 Å². The minimum atomic E-state index is -2.73. The zero-order valence-electron chi connectivity index (χ0n) is 31.1. The van der Waals surface area contributed by atoms with E-state index in [1.807, 2.05) is 36.3 Å². The summed E-state index contributed by atoms with van der Waals surface area (Å²) in [6.45, 7) is 10.1. The topological polar surface area (TPSA) is 117 Å². The zero-order chi connectivity index (χ0) is 36.9. The van der Waals surface area contributed by atoms with Crippen LogP contribution in [0, 0.1) is 0 Å². The Balaban J connectivity index is 1.08. The molecule has 53 heavy (non-hydrogen) atoms. The van der Waals surface area contributed by atoms with Crippen LogP contribution in [0.15, 0.2) is 59.5 Å². The minimum Gasteiger partial charge on any atom is -0.494 e. The van der Waals surface area contributed by atoms with Crippen LogP contribution in [-0.4, -0.2) is 107 Å². The van der Waals surface area contributed by atoms with Gasteiger partial charge in [-0.25, -0.2) is 4.98 Å². The molecular formula is C39H48BrN10O2P. The van der Waals surface area contributed by atoms with Crippen LogP contribution in [0.2, 0.25) is 0 Å². The number of pyridine rings is 1. The molecule has 278 valence electrons. The number of rotatable bonds is 10. The van der Waals surface area contributed by atoms with Gasteiger partial charge in [-0.15, -0.1) is 0 Å². The van der Waals surface area contributed by atoms with E-state index in [2.05, 4.69) is 82.7 Å². The van der Waals surface area contributed by atoms with E-state index in [1.54, 1.807) is 26.6 Å². The molecule has 3 fully saturated rings. The molecule has 8 rings (SSSR count). The molecule has 0 spiro atoms. The summed E-state index contributed by atoms with van der Waals surface area (Å²) < 4.78 is 22.3. The van der Waals surface area contributed by atoms with Crippen LogP contribution in [0.3, 0.4) is 0 Å². The van der Waals surface area contributed by atoms with Crippen molar-refractivity contribution in [3.8, 4) is 16.9 Å². The Bertz CT molecular complexity index is 2180. The molecule has 5 heterocycles. The molecule has 2 aliphatic heterocycles. The summed E-state index contributed by atoms with van der Waals surface area (Å²) in [4.78, 5) is 22.0. The number of nitrogens with zero attached hydrogens (tertiary/aromatic N) is 8. The molecule has 12 nitrogen and oxygen atoms in total. The lowest BCUT2D eigenvalue weighted by Gasteiger charge is -2.43. The summed E-state index contributed by atoms with van der Waals surface area (Å²) in [5.41, 5.74) is 6.67. The first kappa shape index (κ1) is 36.0. The first-order valence-electron chi connectivity index (χ1n) is 18.5. The van der Waals surface area contributed by atoms with Gasteiger partial charge in [0.25, 0.3) is 0 Å². The molecule has 2 aromatic carbocycles. The SMILES string of the molecule is COc1cc(N2CCC(N3CCN(C)CC3)CC2)c(-c2cnn(C)c2)cc1Nc1ncc(Br)c(Nc2ccc3nc(C4CC4)ccc3c2P(C)(C)=O)n1. The van der Waals surface area contributed by atoms with E-state index in [0.29, 0.717) is 33.9 Å². The minimum absolute atomic E-state index is 0.390. The number of anilines is 5. The average molecular weight is 800 g/mol. The number of benzene rings is 2. The molecule has 0 atom stereocenters. The Morgan fingerprint density at radius 1 is 0.887 bits per heavy atom. The third-order valence-electron chi connectivity index (χ3n) is 10.8. The van der Waals surface area contributed by atoms with Crippen molar-refractivity contribution in [3.63, 3.8) is 0 Å². The van der Waals surface area contributed by atoms with Crippen molar-refractivity contribution in [2.24, 2.45) is 7.05 Å². The van der Waals surface area contributed by atoms with Crippen molar-refractivity contribution in [1.82, 2.24) is 34.5 Å². The molecule has 0 radical (unpaired) electrons. The predicted octanol–water partition coefficient (Wildman–Crippen LogP) is 7.03. The Kier molecular flexibility index (Phi) is 9.95. The number of hydrogen-bond donors (Lipinski definition) is 2. The van der Waals surface area contributed by atoms with Gasteiger partial charge < -0.3 is 29.7 Å². The highest BCUT2D eigenvalue weighted by atomic mass is 79.9. The van der Waals surface area contributed by atoms with E-state index in [4.69, 9.17) is 14.7 Å². The molecule has 0 bridgehead atoms. The maximum Gasteiger partial charge on any atom is 0.229 e. The molecule has 5 aromatic rings. The van der Waals surface area contributed by atoms with Crippen molar-refractivity contribution in [2.45, 2.75) is 37.6 Å². The number of piperazine rings is 1. The monoisotopic (exact) mass is 798 g/mol. The third-order valence-corrected chi connectivity index (χ3v) is 13.0. The van der Waals surface area contributed by atoms with Crippen LogP contribution < -0.4 is 25.6 Å². The largest absolute Gasteiger partial charge is 0.494 e. The van der Waals surface area contributed by atoms with Crippen LogP contribution >= 0.6 is 23.1 Å². The normalized spacial score (nSPS) is 17.7. The number of piperidine rings is 1. The summed E-state index contributed by atoms with van der Waals surface area (Å²) in [5.74, 6) is 2.17. The Labute approximate surface area is 319 Å². The molecule has 14 heteroatoms. The smallest absolute Gasteiger partial charge is 0.229 e. The van der Waals surface area contributed by atoms with Crippen molar-refractivity contribution in [2.75, 3.05) is 82.3 Å². The van der Waals surface area contributed by atoms with Gasteiger partial charge in [-0.1, -0.05) is 6.07 Å². The fraction of sp³-hybridized carbons (Fsp3) is 0.436. The van der Waals surface area contributed by atoms with Crippen molar-refractivity contribution in [1.29, 1.82) is 0 Å². The summed E-state index contributed by atoms with van der Waals surface area (Å²) >= 11 is 3.65. The third kappa shape index (κ3) is 7.67. The van der Waals surface area contributed by atoms with Crippen LogP contribution in [0.1, 0.15) is 37.3 Å². The first-order valence-corrected chi connectivity index (χ1v) is 21.9. The van der Waals surface area contributed by atoms with Gasteiger partial charge in [-0.05, 0) is 86.3 Å². The van der Waals surface area contributed by atoms with Crippen molar-refractivity contribution in [3.05, 3.63) is 65.2 Å². The lowest BCUT2D eigenvalue weighted by molar-refractivity contribution is 0.0982. The van der Waals surface area contributed by atoms with Gasteiger partial charge in [0.1, 0.15) is 18.7 Å². The maximum atomic E-state index is 13.8. The number of halogens is 1. The van der Waals surface area contributed by atoms with E-state index in [0.717, 1.165) is 102 Å². The highest BCUT2D eigenvalue weighted by Gasteiger charge is 2.30. The van der Waals surface area contributed by atoms with Crippen molar-refractivity contribution < 1.29 is 9.30 Å². The molecule has 0 unspecified atom stereocenters. The number of nitrogens with one attached hydrogen (secondary N) is 2. The maximum absolute atomic E-state index is 13.8. The second kappa shape index (κ2) is 14.7. The van der Waals surface area contributed by atoms with E-state index >= 15 is 0 Å². The lowest BCUT2D eigenvalue weighted by atomic mass is 9.98.